The normalized spacial score (nSPS) is 24.3. The summed E-state index contributed by atoms with van der Waals surface area (Å²) in [6.07, 6.45) is -2.25. The van der Waals surface area contributed by atoms with Crippen molar-refractivity contribution in [3.63, 3.8) is 0 Å². The molecule has 1 saturated heterocycles. The van der Waals surface area contributed by atoms with Crippen molar-refractivity contribution in [1.29, 1.82) is 5.41 Å². The molecule has 0 saturated carbocycles. The number of imidazole rings is 1. The highest BCUT2D eigenvalue weighted by Crippen LogP contribution is 2.30. The minimum Gasteiger partial charge on any atom is -0.406 e. The van der Waals surface area contributed by atoms with Crippen LogP contribution in [-0.2, 0) is 11.3 Å². The van der Waals surface area contributed by atoms with Crippen LogP contribution in [0.2, 0.25) is 0 Å². The summed E-state index contributed by atoms with van der Waals surface area (Å²) in [5.74, 6) is -1.27. The predicted molar refractivity (Wildman–Crippen MR) is 91.0 cm³/mol. The lowest BCUT2D eigenvalue weighted by molar-refractivity contribution is -0.0511. The van der Waals surface area contributed by atoms with Gasteiger partial charge in [0, 0.05) is 5.56 Å². The molecule has 0 bridgehead atoms. The highest BCUT2D eigenvalue weighted by atomic mass is 19.1. The van der Waals surface area contributed by atoms with Crippen LogP contribution in [0.5, 0.6) is 0 Å². The summed E-state index contributed by atoms with van der Waals surface area (Å²) in [6.45, 7) is -0.828. The quantitative estimate of drug-likeness (QED) is 0.434. The van der Waals surface area contributed by atoms with E-state index in [4.69, 9.17) is 15.0 Å². The molecule has 0 spiro atoms. The molecule has 2 aromatic heterocycles. The Morgan fingerprint density at radius 3 is 2.69 bits per heavy atom. The number of benzene rings is 1. The van der Waals surface area contributed by atoms with Gasteiger partial charge in [0.1, 0.15) is 42.9 Å². The number of aliphatic hydroxyl groups excluding tert-OH is 3. The Kier molecular flexibility index (Phi) is 5.00. The van der Waals surface area contributed by atoms with Gasteiger partial charge in [-0.1, -0.05) is 0 Å². The molecule has 4 N–H and O–H groups in total. The van der Waals surface area contributed by atoms with Crippen molar-refractivity contribution < 1.29 is 33.7 Å². The molecule has 10 nitrogen and oxygen atoms in total. The number of rotatable bonds is 5. The zero-order valence-corrected chi connectivity index (χ0v) is 14.8. The van der Waals surface area contributed by atoms with Crippen molar-refractivity contribution in [1.82, 2.24) is 19.3 Å². The molecule has 0 aliphatic carbocycles. The molecular weight excluding hydrogens is 392 g/mol. The number of fused-ring (bicyclic) bond motifs is 1. The number of halogens is 2. The van der Waals surface area contributed by atoms with Crippen LogP contribution in [0.15, 0.2) is 30.9 Å². The molecule has 1 aliphatic heterocycles. The Morgan fingerprint density at radius 2 is 1.97 bits per heavy atom. The zero-order valence-electron chi connectivity index (χ0n) is 14.8. The van der Waals surface area contributed by atoms with Gasteiger partial charge in [0.2, 0.25) is 0 Å². The SMILES string of the molecule is N=c1c2ncn([C@@H]3O[C@H](CO)[C@@H](O)[C@H]3O)c2ncn1OCc1cc(F)ccc1F. The van der Waals surface area contributed by atoms with Crippen LogP contribution in [0.1, 0.15) is 11.8 Å². The molecule has 3 aromatic rings. The van der Waals surface area contributed by atoms with Crippen molar-refractivity contribution >= 4 is 11.2 Å². The van der Waals surface area contributed by atoms with Gasteiger partial charge in [-0.05, 0) is 18.2 Å². The molecule has 29 heavy (non-hydrogen) atoms. The Morgan fingerprint density at radius 1 is 1.17 bits per heavy atom. The van der Waals surface area contributed by atoms with Crippen molar-refractivity contribution in [2.45, 2.75) is 31.1 Å². The average molecular weight is 409 g/mol. The van der Waals surface area contributed by atoms with Crippen LogP contribution in [0.25, 0.3) is 11.2 Å². The van der Waals surface area contributed by atoms with Crippen molar-refractivity contribution in [3.05, 3.63) is 53.5 Å². The lowest BCUT2D eigenvalue weighted by atomic mass is 10.1. The summed E-state index contributed by atoms with van der Waals surface area (Å²) in [6, 6.07) is 2.95. The highest BCUT2D eigenvalue weighted by Gasteiger charge is 2.44. The fourth-order valence-electron chi connectivity index (χ4n) is 3.11. The number of ether oxygens (including phenoxy) is 1. The van der Waals surface area contributed by atoms with E-state index in [1.807, 2.05) is 0 Å². The third-order valence-electron chi connectivity index (χ3n) is 4.66. The largest absolute Gasteiger partial charge is 0.406 e. The Labute approximate surface area is 161 Å². The van der Waals surface area contributed by atoms with Gasteiger partial charge in [-0.25, -0.2) is 18.7 Å². The summed E-state index contributed by atoms with van der Waals surface area (Å²) in [5.41, 5.74) is -0.00193. The monoisotopic (exact) mass is 409 g/mol. The maximum absolute atomic E-state index is 13.7. The first-order valence-electron chi connectivity index (χ1n) is 8.59. The van der Waals surface area contributed by atoms with Crippen molar-refractivity contribution in [2.75, 3.05) is 6.61 Å². The number of hydrogen-bond acceptors (Lipinski definition) is 8. The summed E-state index contributed by atoms with van der Waals surface area (Å²) in [4.78, 5) is 13.5. The molecule has 4 rings (SSSR count). The Hall–Kier alpha value is -2.93. The van der Waals surface area contributed by atoms with Gasteiger partial charge in [-0.3, -0.25) is 9.98 Å². The smallest absolute Gasteiger partial charge is 0.192 e. The third-order valence-corrected chi connectivity index (χ3v) is 4.66. The lowest BCUT2D eigenvalue weighted by Gasteiger charge is -2.16. The molecule has 1 aliphatic rings. The van der Waals surface area contributed by atoms with E-state index >= 15 is 0 Å². The minimum atomic E-state index is -1.33. The molecule has 3 heterocycles. The molecule has 0 radical (unpaired) electrons. The van der Waals surface area contributed by atoms with Gasteiger partial charge in [-0.2, -0.15) is 4.73 Å². The molecule has 4 atom stereocenters. The van der Waals surface area contributed by atoms with Gasteiger partial charge in [0.05, 0.1) is 12.9 Å². The van der Waals surface area contributed by atoms with Crippen LogP contribution >= 0.6 is 0 Å². The first kappa shape index (κ1) is 19.4. The molecular formula is C17H17F2N5O5. The van der Waals surface area contributed by atoms with E-state index in [0.717, 1.165) is 29.3 Å². The number of aliphatic hydroxyl groups is 3. The second-order valence-electron chi connectivity index (χ2n) is 6.48. The second kappa shape index (κ2) is 7.48. The van der Waals surface area contributed by atoms with Gasteiger partial charge >= 0.3 is 0 Å². The summed E-state index contributed by atoms with van der Waals surface area (Å²) in [7, 11) is 0. The third kappa shape index (κ3) is 3.35. The van der Waals surface area contributed by atoms with Crippen LogP contribution in [0.4, 0.5) is 8.78 Å². The highest BCUT2D eigenvalue weighted by molar-refractivity contribution is 5.68. The molecule has 0 amide bonds. The van der Waals surface area contributed by atoms with Crippen LogP contribution in [-0.4, -0.2) is 59.5 Å². The van der Waals surface area contributed by atoms with E-state index in [2.05, 4.69) is 9.97 Å². The zero-order chi connectivity index (χ0) is 20.7. The van der Waals surface area contributed by atoms with E-state index in [1.165, 1.54) is 10.9 Å². The maximum Gasteiger partial charge on any atom is 0.192 e. The first-order chi connectivity index (χ1) is 13.9. The Balaban J connectivity index is 1.61. The Bertz CT molecular complexity index is 1100. The first-order valence-corrected chi connectivity index (χ1v) is 8.59. The fourth-order valence-corrected chi connectivity index (χ4v) is 3.11. The molecule has 12 heteroatoms. The minimum absolute atomic E-state index is 0.0333. The van der Waals surface area contributed by atoms with Gasteiger partial charge < -0.3 is 24.9 Å². The van der Waals surface area contributed by atoms with E-state index in [-0.39, 0.29) is 28.8 Å². The van der Waals surface area contributed by atoms with Crippen molar-refractivity contribution in [3.8, 4) is 0 Å². The van der Waals surface area contributed by atoms with Gasteiger partial charge in [0.25, 0.3) is 0 Å². The van der Waals surface area contributed by atoms with Gasteiger partial charge in [-0.15, -0.1) is 0 Å². The fraction of sp³-hybridized carbons (Fsp3) is 0.353. The molecule has 154 valence electrons. The standard InChI is InChI=1S/C17H17F2N5O5/c18-9-1-2-10(19)8(3-9)5-28-24-7-22-16-12(15(24)20)21-6-23(16)17-14(27)13(26)11(4-25)29-17/h1-3,6-7,11,13-14,17,20,25-27H,4-5H2/t11-,13-,14-,17-/m1/s1. The number of nitrogens with one attached hydrogen (secondary N) is 1. The average Bonchev–Trinajstić information content (AvgIpc) is 3.25. The number of hydrogen-bond donors (Lipinski definition) is 4. The van der Waals surface area contributed by atoms with E-state index in [9.17, 15) is 24.1 Å². The number of nitrogens with zero attached hydrogens (tertiary/aromatic N) is 4. The van der Waals surface area contributed by atoms with E-state index in [0.29, 0.717) is 0 Å². The summed E-state index contributed by atoms with van der Waals surface area (Å²) < 4.78 is 34.7. The topological polar surface area (TPSA) is 139 Å². The molecule has 1 fully saturated rings. The van der Waals surface area contributed by atoms with E-state index < -0.39 is 42.8 Å². The van der Waals surface area contributed by atoms with Gasteiger partial charge in [0.15, 0.2) is 22.9 Å². The van der Waals surface area contributed by atoms with Crippen LogP contribution in [0, 0.1) is 17.0 Å². The summed E-state index contributed by atoms with van der Waals surface area (Å²) >= 11 is 0. The second-order valence-corrected chi connectivity index (χ2v) is 6.48. The number of aromatic nitrogens is 4. The summed E-state index contributed by atoms with van der Waals surface area (Å²) in [5, 5.41) is 37.5. The predicted octanol–water partition coefficient (Wildman–Crippen LogP) is -0.769. The maximum atomic E-state index is 13.7. The van der Waals surface area contributed by atoms with Crippen LogP contribution < -0.4 is 10.3 Å². The lowest BCUT2D eigenvalue weighted by Crippen LogP contribution is -2.33. The van der Waals surface area contributed by atoms with Crippen molar-refractivity contribution in [2.24, 2.45) is 0 Å². The molecule has 1 aromatic carbocycles. The van der Waals surface area contributed by atoms with Crippen LogP contribution in [0.3, 0.4) is 0 Å². The molecule has 0 unspecified atom stereocenters. The van der Waals surface area contributed by atoms with E-state index in [1.54, 1.807) is 0 Å².